The molecule has 0 fully saturated rings. The van der Waals surface area contributed by atoms with Crippen LogP contribution in [-0.4, -0.2) is 74.1 Å². The van der Waals surface area contributed by atoms with E-state index in [0.717, 1.165) is 77.0 Å². The predicted molar refractivity (Wildman–Crippen MR) is 214 cm³/mol. The van der Waals surface area contributed by atoms with Crippen LogP contribution in [0.5, 0.6) is 0 Å². The summed E-state index contributed by atoms with van der Waals surface area (Å²) in [5.74, 6) is -0.410. The highest BCUT2D eigenvalue weighted by Crippen LogP contribution is 2.43. The first-order valence-electron chi connectivity index (χ1n) is 18.7. The second-order valence-electron chi connectivity index (χ2n) is 13.1. The molecule has 2 unspecified atom stereocenters. The molecule has 0 aliphatic rings. The van der Waals surface area contributed by atoms with Crippen LogP contribution in [0.25, 0.3) is 0 Å². The molecule has 0 aromatic rings. The van der Waals surface area contributed by atoms with Crippen molar-refractivity contribution in [1.29, 1.82) is 0 Å². The first-order valence-corrected chi connectivity index (χ1v) is 20.2. The smallest absolute Gasteiger partial charge is 0.463 e. The van der Waals surface area contributed by atoms with Gasteiger partial charge in [0, 0.05) is 6.42 Å². The van der Waals surface area contributed by atoms with Crippen LogP contribution in [0.2, 0.25) is 0 Å². The van der Waals surface area contributed by atoms with E-state index < -0.39 is 26.5 Å². The molecule has 0 heterocycles. The maximum Gasteiger partial charge on any atom is 0.472 e. The minimum atomic E-state index is -4.27. The number of carbonyl (C=O) groups excluding carboxylic acids is 1. The van der Waals surface area contributed by atoms with Crippen molar-refractivity contribution in [2.45, 2.75) is 103 Å². The van der Waals surface area contributed by atoms with Crippen molar-refractivity contribution in [3.05, 3.63) is 109 Å². The summed E-state index contributed by atoms with van der Waals surface area (Å²) in [6.07, 6.45) is 51.1. The van der Waals surface area contributed by atoms with Gasteiger partial charge < -0.3 is 19.2 Å². The monoisotopic (exact) mass is 730 g/mol. The van der Waals surface area contributed by atoms with Crippen LogP contribution in [0.15, 0.2) is 109 Å². The van der Waals surface area contributed by atoms with E-state index in [-0.39, 0.29) is 19.6 Å². The molecule has 288 valence electrons. The van der Waals surface area contributed by atoms with Gasteiger partial charge in [0.15, 0.2) is 0 Å². The molecule has 0 bridgehead atoms. The molecule has 0 radical (unpaired) electrons. The number of allylic oxidation sites excluding steroid dienone is 18. The Morgan fingerprint density at radius 3 is 1.43 bits per heavy atom. The quantitative estimate of drug-likeness (QED) is 0.0234. The summed E-state index contributed by atoms with van der Waals surface area (Å²) >= 11 is 0. The lowest BCUT2D eigenvalue weighted by Gasteiger charge is -2.24. The lowest BCUT2D eigenvalue weighted by Crippen LogP contribution is -2.37. The number of quaternary nitrogens is 1. The molecule has 0 aromatic heterocycles. The van der Waals surface area contributed by atoms with E-state index in [2.05, 4.69) is 116 Å². The summed E-state index contributed by atoms with van der Waals surface area (Å²) in [4.78, 5) is 21.6. The molecule has 0 saturated heterocycles. The van der Waals surface area contributed by atoms with Crippen LogP contribution in [0.1, 0.15) is 96.8 Å². The average Bonchev–Trinajstić information content (AvgIpc) is 3.08. The Bertz CT molecular complexity index is 1170. The Balaban J connectivity index is 3.70. The minimum Gasteiger partial charge on any atom is -0.463 e. The summed E-state index contributed by atoms with van der Waals surface area (Å²) in [6, 6.07) is 0. The zero-order valence-electron chi connectivity index (χ0n) is 32.0. The van der Waals surface area contributed by atoms with Crippen LogP contribution in [0, 0.1) is 0 Å². The van der Waals surface area contributed by atoms with Crippen LogP contribution in [-0.2, 0) is 23.1 Å². The molecular weight excluding hydrogens is 661 g/mol. The third kappa shape index (κ3) is 39.8. The first-order chi connectivity index (χ1) is 24.6. The highest BCUT2D eigenvalue weighted by atomic mass is 31.2. The van der Waals surface area contributed by atoms with Crippen LogP contribution in [0.4, 0.5) is 0 Å². The van der Waals surface area contributed by atoms with E-state index in [4.69, 9.17) is 13.8 Å². The molecule has 2 atom stereocenters. The van der Waals surface area contributed by atoms with E-state index in [1.165, 1.54) is 0 Å². The molecule has 0 rings (SSSR count). The van der Waals surface area contributed by atoms with Gasteiger partial charge in [-0.3, -0.25) is 13.8 Å². The number of hydrogen-bond acceptors (Lipinski definition) is 6. The average molecular weight is 731 g/mol. The number of ether oxygens (including phenoxy) is 1. The van der Waals surface area contributed by atoms with Crippen molar-refractivity contribution in [3.63, 3.8) is 0 Å². The predicted octanol–water partition coefficient (Wildman–Crippen LogP) is 10.2. The lowest BCUT2D eigenvalue weighted by atomic mass is 10.1. The van der Waals surface area contributed by atoms with Gasteiger partial charge in [0.25, 0.3) is 0 Å². The van der Waals surface area contributed by atoms with E-state index in [1.54, 1.807) is 0 Å². The van der Waals surface area contributed by atoms with E-state index in [1.807, 2.05) is 21.1 Å². The molecule has 51 heavy (non-hydrogen) atoms. The molecule has 0 spiro atoms. The number of esters is 1. The van der Waals surface area contributed by atoms with E-state index in [0.29, 0.717) is 17.4 Å². The fourth-order valence-corrected chi connectivity index (χ4v) is 4.87. The van der Waals surface area contributed by atoms with Crippen LogP contribution >= 0.6 is 7.82 Å². The van der Waals surface area contributed by atoms with Crippen molar-refractivity contribution in [2.24, 2.45) is 0 Å². The second kappa shape index (κ2) is 34.3. The number of phosphoric ester groups is 1. The molecule has 8 nitrogen and oxygen atoms in total. The topological polar surface area (TPSA) is 102 Å². The van der Waals surface area contributed by atoms with Crippen molar-refractivity contribution in [1.82, 2.24) is 0 Å². The van der Waals surface area contributed by atoms with Crippen molar-refractivity contribution in [3.8, 4) is 0 Å². The zero-order valence-corrected chi connectivity index (χ0v) is 32.9. The Labute approximate surface area is 310 Å². The van der Waals surface area contributed by atoms with Gasteiger partial charge in [-0.05, 0) is 77.0 Å². The van der Waals surface area contributed by atoms with Gasteiger partial charge in [-0.15, -0.1) is 0 Å². The molecular formula is C42H69NO7P+. The highest BCUT2D eigenvalue weighted by Gasteiger charge is 2.24. The van der Waals surface area contributed by atoms with Crippen LogP contribution < -0.4 is 0 Å². The van der Waals surface area contributed by atoms with Gasteiger partial charge in [-0.2, -0.15) is 0 Å². The van der Waals surface area contributed by atoms with Crippen molar-refractivity contribution < 1.29 is 37.6 Å². The zero-order chi connectivity index (χ0) is 37.7. The molecule has 0 saturated carbocycles. The highest BCUT2D eigenvalue weighted by molar-refractivity contribution is 7.47. The molecule has 2 N–H and O–H groups in total. The third-order valence-electron chi connectivity index (χ3n) is 7.05. The van der Waals surface area contributed by atoms with Gasteiger partial charge in [0.2, 0.25) is 0 Å². The maximum absolute atomic E-state index is 11.9. The first kappa shape index (κ1) is 48.2. The number of likely N-dealkylation sites (N-methyl/N-ethyl adjacent to an activating group) is 1. The second-order valence-corrected chi connectivity index (χ2v) is 14.5. The maximum atomic E-state index is 11.9. The summed E-state index contributed by atoms with van der Waals surface area (Å²) < 4.78 is 27.1. The summed E-state index contributed by atoms with van der Waals surface area (Å²) in [5, 5.41) is 9.89. The third-order valence-corrected chi connectivity index (χ3v) is 8.03. The van der Waals surface area contributed by atoms with Crippen molar-refractivity contribution in [2.75, 3.05) is 47.5 Å². The number of aliphatic hydroxyl groups excluding tert-OH is 1. The number of unbranched alkanes of at least 4 members (excludes halogenated alkanes) is 3. The number of hydrogen-bond donors (Lipinski definition) is 2. The Morgan fingerprint density at radius 1 is 0.608 bits per heavy atom. The lowest BCUT2D eigenvalue weighted by molar-refractivity contribution is -0.870. The van der Waals surface area contributed by atoms with E-state index in [9.17, 15) is 19.4 Å². The van der Waals surface area contributed by atoms with E-state index >= 15 is 0 Å². The standard InChI is InChI=1S/C42H68NO7P/c1-5-6-7-8-9-10-11-12-13-14-15-16-17-18-19-20-21-22-23-24-25-26-27-28-29-30-31-32-33-34-35-36-42(45)48-39-41(44)40-50-51(46,47)49-38-37-43(2,3)4/h6-7,9-10,12-13,15-16,18-19,21-22,24-25,27-28,30-31,41,44H,5,8,11,14,17,20,23,26,29,32-40H2,1-4H3/p+1/b7-6-,10-9-,13-12-,16-15-,19-18-,22-21-,25-24-,28-27-,31-30-. The van der Waals surface area contributed by atoms with Gasteiger partial charge in [-0.25, -0.2) is 4.57 Å². The molecule has 9 heteroatoms. The Kier molecular flexibility index (Phi) is 32.3. The number of aliphatic hydroxyl groups is 1. The van der Waals surface area contributed by atoms with Crippen molar-refractivity contribution >= 4 is 13.8 Å². The number of rotatable bonds is 32. The fourth-order valence-electron chi connectivity index (χ4n) is 4.12. The number of phosphoric acid groups is 1. The van der Waals surface area contributed by atoms with Gasteiger partial charge in [0.1, 0.15) is 25.9 Å². The van der Waals surface area contributed by atoms with Gasteiger partial charge in [-0.1, -0.05) is 123 Å². The van der Waals surface area contributed by atoms with Gasteiger partial charge >= 0.3 is 13.8 Å². The van der Waals surface area contributed by atoms with Crippen LogP contribution in [0.3, 0.4) is 0 Å². The normalized spacial score (nSPS) is 15.2. The SMILES string of the molecule is CC/C=C\C/C=C\C/C=C\C/C=C\C/C=C\C/C=C\C/C=C\C/C=C\C/C=C\CCCCCC(=O)OCC(O)COP(=O)(O)OCC[N+](C)(C)C. The molecule has 0 aromatic carbocycles. The fraction of sp³-hybridized carbons (Fsp3) is 0.548. The Morgan fingerprint density at radius 2 is 1.02 bits per heavy atom. The Hall–Kier alpha value is -2.84. The largest absolute Gasteiger partial charge is 0.472 e. The summed E-state index contributed by atoms with van der Waals surface area (Å²) in [7, 11) is 1.52. The molecule has 0 aliphatic carbocycles. The van der Waals surface area contributed by atoms with Gasteiger partial charge in [0.05, 0.1) is 27.7 Å². The summed E-state index contributed by atoms with van der Waals surface area (Å²) in [5.41, 5.74) is 0. The minimum absolute atomic E-state index is 0.0420. The number of nitrogens with zero attached hydrogens (tertiary/aromatic N) is 1. The molecule has 0 aliphatic heterocycles. The number of carbonyl (C=O) groups is 1. The summed E-state index contributed by atoms with van der Waals surface area (Å²) in [6.45, 7) is 1.96. The molecule has 0 amide bonds.